The van der Waals surface area contributed by atoms with Crippen molar-refractivity contribution in [2.45, 2.75) is 38.6 Å². The van der Waals surface area contributed by atoms with Crippen molar-refractivity contribution in [3.8, 4) is 0 Å². The van der Waals surface area contributed by atoms with E-state index in [1.54, 1.807) is 16.7 Å². The highest BCUT2D eigenvalue weighted by molar-refractivity contribution is 7.99. The summed E-state index contributed by atoms with van der Waals surface area (Å²) >= 11 is 7.26. The number of carbonyl (C=O) groups excluding carboxylic acids is 2. The molecule has 2 amide bonds. The van der Waals surface area contributed by atoms with Gasteiger partial charge in [0.25, 0.3) is 0 Å². The van der Waals surface area contributed by atoms with E-state index < -0.39 is 0 Å². The molecule has 0 bridgehead atoms. The molecule has 2 rings (SSSR count). The van der Waals surface area contributed by atoms with Crippen LogP contribution in [0.4, 0.5) is 5.69 Å². The van der Waals surface area contributed by atoms with Crippen molar-refractivity contribution in [2.75, 3.05) is 17.6 Å². The SMILES string of the molecule is CCCNC(=O)Cn1c(CO)cnc1SCC(=O)Nc1ccc(C)c(Cl)c1. The number of hydrogen-bond donors (Lipinski definition) is 3. The average Bonchev–Trinajstić information content (AvgIpc) is 3.03. The fourth-order valence-electron chi connectivity index (χ4n) is 2.26. The molecule has 7 nitrogen and oxygen atoms in total. The molecule has 9 heteroatoms. The highest BCUT2D eigenvalue weighted by Crippen LogP contribution is 2.22. The fourth-order valence-corrected chi connectivity index (χ4v) is 3.24. The summed E-state index contributed by atoms with van der Waals surface area (Å²) < 4.78 is 1.62. The van der Waals surface area contributed by atoms with Crippen LogP contribution in [-0.2, 0) is 22.7 Å². The van der Waals surface area contributed by atoms with Crippen LogP contribution in [0, 0.1) is 6.92 Å². The largest absolute Gasteiger partial charge is 0.390 e. The highest BCUT2D eigenvalue weighted by Gasteiger charge is 2.15. The van der Waals surface area contributed by atoms with Crippen LogP contribution in [-0.4, -0.2) is 38.8 Å². The first kappa shape index (κ1) is 21.3. The van der Waals surface area contributed by atoms with Gasteiger partial charge in [0.2, 0.25) is 11.8 Å². The van der Waals surface area contributed by atoms with Gasteiger partial charge in [-0.1, -0.05) is 36.4 Å². The van der Waals surface area contributed by atoms with E-state index in [4.69, 9.17) is 11.6 Å². The van der Waals surface area contributed by atoms with Crippen molar-refractivity contribution in [2.24, 2.45) is 0 Å². The maximum Gasteiger partial charge on any atom is 0.240 e. The molecular formula is C18H23ClN4O3S. The third-order valence-corrected chi connectivity index (χ3v) is 5.12. The molecule has 146 valence electrons. The Balaban J connectivity index is 1.98. The smallest absolute Gasteiger partial charge is 0.240 e. The molecule has 0 unspecified atom stereocenters. The van der Waals surface area contributed by atoms with Gasteiger partial charge < -0.3 is 20.3 Å². The van der Waals surface area contributed by atoms with Gasteiger partial charge in [-0.15, -0.1) is 0 Å². The average molecular weight is 411 g/mol. The molecule has 1 aromatic heterocycles. The Morgan fingerprint density at radius 3 is 2.78 bits per heavy atom. The Bertz CT molecular complexity index is 810. The molecule has 2 aromatic rings. The van der Waals surface area contributed by atoms with E-state index >= 15 is 0 Å². The number of aliphatic hydroxyl groups excluding tert-OH is 1. The molecule has 0 radical (unpaired) electrons. The number of imidazole rings is 1. The molecule has 0 aliphatic heterocycles. The second-order valence-corrected chi connectivity index (χ2v) is 7.28. The molecule has 1 heterocycles. The van der Waals surface area contributed by atoms with Gasteiger partial charge in [-0.3, -0.25) is 9.59 Å². The van der Waals surface area contributed by atoms with E-state index in [0.717, 1.165) is 12.0 Å². The molecule has 1 aromatic carbocycles. The van der Waals surface area contributed by atoms with Crippen molar-refractivity contribution >= 4 is 40.9 Å². The van der Waals surface area contributed by atoms with Crippen molar-refractivity contribution in [1.82, 2.24) is 14.9 Å². The minimum Gasteiger partial charge on any atom is -0.390 e. The number of carbonyl (C=O) groups is 2. The summed E-state index contributed by atoms with van der Waals surface area (Å²) in [5.74, 6) is -0.259. The lowest BCUT2D eigenvalue weighted by atomic mass is 10.2. The van der Waals surface area contributed by atoms with Crippen molar-refractivity contribution in [3.63, 3.8) is 0 Å². The lowest BCUT2D eigenvalue weighted by molar-refractivity contribution is -0.121. The predicted octanol–water partition coefficient (Wildman–Crippen LogP) is 2.59. The monoisotopic (exact) mass is 410 g/mol. The van der Waals surface area contributed by atoms with Gasteiger partial charge in [0.1, 0.15) is 6.54 Å². The zero-order valence-electron chi connectivity index (χ0n) is 15.3. The van der Waals surface area contributed by atoms with E-state index in [2.05, 4.69) is 15.6 Å². The number of aliphatic hydroxyl groups is 1. The standard InChI is InChI=1S/C18H23ClN4O3S/c1-3-6-20-16(25)9-23-14(10-24)8-21-18(23)27-11-17(26)22-13-5-4-12(2)15(19)7-13/h4-5,7-8,24H,3,6,9-11H2,1-2H3,(H,20,25)(H,22,26). The summed E-state index contributed by atoms with van der Waals surface area (Å²) in [6.45, 7) is 4.26. The number of amides is 2. The highest BCUT2D eigenvalue weighted by atomic mass is 35.5. The van der Waals surface area contributed by atoms with Gasteiger partial charge in [-0.2, -0.15) is 0 Å². The number of anilines is 1. The van der Waals surface area contributed by atoms with Crippen LogP contribution < -0.4 is 10.6 Å². The van der Waals surface area contributed by atoms with Gasteiger partial charge >= 0.3 is 0 Å². The van der Waals surface area contributed by atoms with Crippen LogP contribution in [0.1, 0.15) is 24.6 Å². The molecule has 27 heavy (non-hydrogen) atoms. The molecule has 0 saturated carbocycles. The number of benzene rings is 1. The molecule has 0 saturated heterocycles. The third kappa shape index (κ3) is 6.27. The van der Waals surface area contributed by atoms with Crippen LogP contribution in [0.3, 0.4) is 0 Å². The maximum atomic E-state index is 12.2. The Morgan fingerprint density at radius 2 is 2.11 bits per heavy atom. The number of rotatable bonds is 9. The Labute approximate surface area is 167 Å². The van der Waals surface area contributed by atoms with Crippen LogP contribution in [0.5, 0.6) is 0 Å². The van der Waals surface area contributed by atoms with Gasteiger partial charge in [0, 0.05) is 17.3 Å². The number of aromatic nitrogens is 2. The van der Waals surface area contributed by atoms with Gasteiger partial charge in [0.15, 0.2) is 5.16 Å². The zero-order valence-corrected chi connectivity index (χ0v) is 16.9. The topological polar surface area (TPSA) is 96.2 Å². The summed E-state index contributed by atoms with van der Waals surface area (Å²) in [6.07, 6.45) is 2.35. The van der Waals surface area contributed by atoms with Crippen LogP contribution in [0.2, 0.25) is 5.02 Å². The van der Waals surface area contributed by atoms with Crippen molar-refractivity contribution in [1.29, 1.82) is 0 Å². The van der Waals surface area contributed by atoms with Gasteiger partial charge in [0.05, 0.1) is 24.3 Å². The molecular weight excluding hydrogens is 388 g/mol. The molecule has 0 fully saturated rings. The summed E-state index contributed by atoms with van der Waals surface area (Å²) in [4.78, 5) is 28.4. The number of nitrogens with zero attached hydrogens (tertiary/aromatic N) is 2. The summed E-state index contributed by atoms with van der Waals surface area (Å²) in [5, 5.41) is 16.1. The Kier molecular flexibility index (Phi) is 8.15. The van der Waals surface area contributed by atoms with Gasteiger partial charge in [-0.05, 0) is 31.0 Å². The first-order valence-corrected chi connectivity index (χ1v) is 9.91. The number of halogens is 1. The van der Waals surface area contributed by atoms with Gasteiger partial charge in [-0.25, -0.2) is 4.98 Å². The lowest BCUT2D eigenvalue weighted by Gasteiger charge is -2.11. The first-order chi connectivity index (χ1) is 12.9. The predicted molar refractivity (Wildman–Crippen MR) is 107 cm³/mol. The quantitative estimate of drug-likeness (QED) is 0.552. The van der Waals surface area contributed by atoms with E-state index in [9.17, 15) is 14.7 Å². The van der Waals surface area contributed by atoms with Crippen LogP contribution in [0.15, 0.2) is 29.6 Å². The van der Waals surface area contributed by atoms with E-state index in [1.807, 2.05) is 19.9 Å². The fraction of sp³-hybridized carbons (Fsp3) is 0.389. The van der Waals surface area contributed by atoms with Crippen molar-refractivity contribution < 1.29 is 14.7 Å². The summed E-state index contributed by atoms with van der Waals surface area (Å²) in [5.41, 5.74) is 2.08. The minimum atomic E-state index is -0.233. The Hall–Kier alpha value is -2.03. The van der Waals surface area contributed by atoms with Crippen molar-refractivity contribution in [3.05, 3.63) is 40.7 Å². The maximum absolute atomic E-state index is 12.2. The second-order valence-electron chi connectivity index (χ2n) is 5.93. The molecule has 0 aliphatic rings. The van der Waals surface area contributed by atoms with E-state index in [1.165, 1.54) is 18.0 Å². The second kappa shape index (κ2) is 10.3. The number of aryl methyl sites for hydroxylation is 1. The number of nitrogens with one attached hydrogen (secondary N) is 2. The van der Waals surface area contributed by atoms with Crippen LogP contribution >= 0.6 is 23.4 Å². The summed E-state index contributed by atoms with van der Waals surface area (Å²) in [6, 6.07) is 5.31. The third-order valence-electron chi connectivity index (χ3n) is 3.73. The number of thioether (sulfide) groups is 1. The normalized spacial score (nSPS) is 10.7. The Morgan fingerprint density at radius 1 is 1.33 bits per heavy atom. The molecule has 0 spiro atoms. The molecule has 3 N–H and O–H groups in total. The molecule has 0 atom stereocenters. The summed E-state index contributed by atoms with van der Waals surface area (Å²) in [7, 11) is 0. The molecule has 0 aliphatic carbocycles. The minimum absolute atomic E-state index is 0.0490. The lowest BCUT2D eigenvalue weighted by Crippen LogP contribution is -2.29. The van der Waals surface area contributed by atoms with E-state index in [0.29, 0.717) is 28.1 Å². The first-order valence-electron chi connectivity index (χ1n) is 8.55. The van der Waals surface area contributed by atoms with E-state index in [-0.39, 0.29) is 30.7 Å². The zero-order chi connectivity index (χ0) is 19.8. The van der Waals surface area contributed by atoms with Crippen LogP contribution in [0.25, 0.3) is 0 Å². The number of hydrogen-bond acceptors (Lipinski definition) is 5.